The number of carbonyl (C=O) groups is 1. The molecule has 0 aliphatic carbocycles. The van der Waals surface area contributed by atoms with Gasteiger partial charge in [-0.05, 0) is 35.9 Å². The van der Waals surface area contributed by atoms with Crippen molar-refractivity contribution in [3.63, 3.8) is 0 Å². The van der Waals surface area contributed by atoms with Crippen LogP contribution in [0.3, 0.4) is 0 Å². The number of hydrogen-bond donors (Lipinski definition) is 3. The largest absolute Gasteiger partial charge is 0.506 e. The highest BCUT2D eigenvalue weighted by Crippen LogP contribution is 2.27. The molecule has 0 atom stereocenters. The van der Waals surface area contributed by atoms with Gasteiger partial charge in [0, 0.05) is 0 Å². The van der Waals surface area contributed by atoms with Crippen LogP contribution in [0.1, 0.15) is 11.1 Å². The lowest BCUT2D eigenvalue weighted by Crippen LogP contribution is -2.20. The lowest BCUT2D eigenvalue weighted by atomic mass is 10.2. The van der Waals surface area contributed by atoms with Crippen LogP contribution in [-0.2, 0) is 6.61 Å². The van der Waals surface area contributed by atoms with Crippen molar-refractivity contribution in [2.24, 2.45) is 0 Å². The van der Waals surface area contributed by atoms with E-state index in [9.17, 15) is 9.90 Å². The van der Waals surface area contributed by atoms with Crippen LogP contribution in [0.4, 0.5) is 16.2 Å². The molecule has 3 N–H and O–H groups in total. The van der Waals surface area contributed by atoms with E-state index in [1.165, 1.54) is 18.2 Å². The number of urea groups is 1. The molecule has 0 bridgehead atoms. The van der Waals surface area contributed by atoms with Crippen molar-refractivity contribution in [3.05, 3.63) is 83.9 Å². The van der Waals surface area contributed by atoms with Crippen LogP contribution in [0, 0.1) is 11.3 Å². The maximum atomic E-state index is 12.3. The molecule has 3 aromatic carbocycles. The van der Waals surface area contributed by atoms with E-state index in [4.69, 9.17) is 10.00 Å². The maximum absolute atomic E-state index is 12.3. The summed E-state index contributed by atoms with van der Waals surface area (Å²) < 4.78 is 5.80. The second-order valence-corrected chi connectivity index (χ2v) is 5.69. The van der Waals surface area contributed by atoms with Gasteiger partial charge in [-0.15, -0.1) is 0 Å². The van der Waals surface area contributed by atoms with E-state index in [0.29, 0.717) is 23.6 Å². The number of ether oxygens (including phenoxy) is 1. The Bertz CT molecular complexity index is 981. The zero-order valence-electron chi connectivity index (χ0n) is 14.3. The standard InChI is InChI=1S/C21H17N3O3/c22-13-16-10-11-17(19(25)12-16)23-21(26)24-18-8-4-5-9-20(18)27-14-15-6-2-1-3-7-15/h1-12,25H,14H2,(H2,23,24,26). The van der Waals surface area contributed by atoms with Crippen molar-refractivity contribution in [2.75, 3.05) is 10.6 Å². The highest BCUT2D eigenvalue weighted by atomic mass is 16.5. The van der Waals surface area contributed by atoms with Crippen LogP contribution >= 0.6 is 0 Å². The van der Waals surface area contributed by atoms with Gasteiger partial charge in [-0.25, -0.2) is 4.79 Å². The highest BCUT2D eigenvalue weighted by molar-refractivity contribution is 6.01. The van der Waals surface area contributed by atoms with Crippen molar-refractivity contribution in [1.82, 2.24) is 0 Å². The second-order valence-electron chi connectivity index (χ2n) is 5.69. The van der Waals surface area contributed by atoms with Crippen LogP contribution < -0.4 is 15.4 Å². The van der Waals surface area contributed by atoms with Gasteiger partial charge in [0.15, 0.2) is 0 Å². The molecule has 0 saturated heterocycles. The number of rotatable bonds is 5. The number of hydrogen-bond acceptors (Lipinski definition) is 4. The molecule has 0 aliphatic heterocycles. The van der Waals surface area contributed by atoms with Gasteiger partial charge in [-0.3, -0.25) is 0 Å². The van der Waals surface area contributed by atoms with Gasteiger partial charge in [0.25, 0.3) is 0 Å². The first kappa shape index (κ1) is 17.8. The van der Waals surface area contributed by atoms with Crippen LogP contribution in [0.25, 0.3) is 0 Å². The molecule has 0 saturated carbocycles. The molecule has 3 aromatic rings. The van der Waals surface area contributed by atoms with E-state index in [1.807, 2.05) is 42.5 Å². The summed E-state index contributed by atoms with van der Waals surface area (Å²) in [5, 5.41) is 23.9. The van der Waals surface area contributed by atoms with Crippen LogP contribution in [0.2, 0.25) is 0 Å². The molecule has 0 heterocycles. The quantitative estimate of drug-likeness (QED) is 0.585. The molecule has 0 radical (unpaired) electrons. The molecule has 3 rings (SSSR count). The topological polar surface area (TPSA) is 94.4 Å². The summed E-state index contributed by atoms with van der Waals surface area (Å²) in [6, 6.07) is 22.4. The first-order valence-corrected chi connectivity index (χ1v) is 8.22. The van der Waals surface area contributed by atoms with E-state index >= 15 is 0 Å². The van der Waals surface area contributed by atoms with E-state index in [2.05, 4.69) is 10.6 Å². The predicted molar refractivity (Wildman–Crippen MR) is 103 cm³/mol. The number of phenolic OH excluding ortho intramolecular Hbond substituents is 1. The zero-order chi connectivity index (χ0) is 19.1. The summed E-state index contributed by atoms with van der Waals surface area (Å²) in [5.41, 5.74) is 2.02. The average Bonchev–Trinajstić information content (AvgIpc) is 2.69. The minimum Gasteiger partial charge on any atom is -0.506 e. The molecule has 2 amide bonds. The third-order valence-corrected chi connectivity index (χ3v) is 3.75. The normalized spacial score (nSPS) is 9.89. The van der Waals surface area contributed by atoms with Gasteiger partial charge in [0.05, 0.1) is 23.0 Å². The summed E-state index contributed by atoms with van der Waals surface area (Å²) >= 11 is 0. The number of anilines is 2. The summed E-state index contributed by atoms with van der Waals surface area (Å²) in [6.07, 6.45) is 0. The van der Waals surface area contributed by atoms with Gasteiger partial charge in [0.2, 0.25) is 0 Å². The monoisotopic (exact) mass is 359 g/mol. The number of carbonyl (C=O) groups excluding carboxylic acids is 1. The molecule has 0 fully saturated rings. The molecule has 6 heteroatoms. The van der Waals surface area contributed by atoms with Crippen LogP contribution in [0.15, 0.2) is 72.8 Å². The fraction of sp³-hybridized carbons (Fsp3) is 0.0476. The number of nitriles is 1. The summed E-state index contributed by atoms with van der Waals surface area (Å²) in [4.78, 5) is 12.3. The van der Waals surface area contributed by atoms with Gasteiger partial charge < -0.3 is 20.5 Å². The van der Waals surface area contributed by atoms with E-state index < -0.39 is 6.03 Å². The average molecular weight is 359 g/mol. The van der Waals surface area contributed by atoms with E-state index in [1.54, 1.807) is 18.2 Å². The van der Waals surface area contributed by atoms with Crippen molar-refractivity contribution in [3.8, 4) is 17.6 Å². The first-order valence-electron chi connectivity index (χ1n) is 8.22. The van der Waals surface area contributed by atoms with Crippen LogP contribution in [0.5, 0.6) is 11.5 Å². The number of nitrogens with zero attached hydrogens (tertiary/aromatic N) is 1. The van der Waals surface area contributed by atoms with E-state index in [-0.39, 0.29) is 11.4 Å². The Hall–Kier alpha value is -3.98. The number of benzene rings is 3. The minimum absolute atomic E-state index is 0.183. The smallest absolute Gasteiger partial charge is 0.323 e. The molecule has 0 aromatic heterocycles. The van der Waals surface area contributed by atoms with E-state index in [0.717, 1.165) is 5.56 Å². The van der Waals surface area contributed by atoms with Crippen LogP contribution in [-0.4, -0.2) is 11.1 Å². The Morgan fingerprint density at radius 2 is 1.67 bits per heavy atom. The van der Waals surface area contributed by atoms with Gasteiger partial charge in [-0.1, -0.05) is 42.5 Å². The van der Waals surface area contributed by atoms with Crippen molar-refractivity contribution in [1.29, 1.82) is 5.26 Å². The van der Waals surface area contributed by atoms with Crippen molar-refractivity contribution in [2.45, 2.75) is 6.61 Å². The Kier molecular flexibility index (Phi) is 5.55. The minimum atomic E-state index is -0.536. The lowest BCUT2D eigenvalue weighted by molar-refractivity contribution is 0.261. The summed E-state index contributed by atoms with van der Waals surface area (Å²) in [6.45, 7) is 0.373. The zero-order valence-corrected chi connectivity index (χ0v) is 14.3. The molecule has 6 nitrogen and oxygen atoms in total. The summed E-state index contributed by atoms with van der Waals surface area (Å²) in [7, 11) is 0. The molecule has 0 aliphatic rings. The fourth-order valence-corrected chi connectivity index (χ4v) is 2.41. The SMILES string of the molecule is N#Cc1ccc(NC(=O)Nc2ccccc2OCc2ccccc2)c(O)c1. The molecule has 0 unspecified atom stereocenters. The van der Waals surface area contributed by atoms with Gasteiger partial charge in [-0.2, -0.15) is 5.26 Å². The molecule has 0 spiro atoms. The molecular weight excluding hydrogens is 342 g/mol. The second kappa shape index (κ2) is 8.41. The fourth-order valence-electron chi connectivity index (χ4n) is 2.41. The number of phenols is 1. The summed E-state index contributed by atoms with van der Waals surface area (Å²) in [5.74, 6) is 0.346. The Balaban J connectivity index is 1.67. The molecule has 27 heavy (non-hydrogen) atoms. The number of nitrogens with one attached hydrogen (secondary N) is 2. The molecular formula is C21H17N3O3. The number of aromatic hydroxyl groups is 1. The number of amides is 2. The Morgan fingerprint density at radius 3 is 2.41 bits per heavy atom. The van der Waals surface area contributed by atoms with Crippen molar-refractivity contribution < 1.29 is 14.6 Å². The molecule has 134 valence electrons. The highest BCUT2D eigenvalue weighted by Gasteiger charge is 2.10. The predicted octanol–water partition coefficient (Wildman–Crippen LogP) is 4.49. The van der Waals surface area contributed by atoms with Gasteiger partial charge in [0.1, 0.15) is 18.1 Å². The first-order chi connectivity index (χ1) is 13.2. The Morgan fingerprint density at radius 1 is 0.963 bits per heavy atom. The number of para-hydroxylation sites is 2. The maximum Gasteiger partial charge on any atom is 0.323 e. The third kappa shape index (κ3) is 4.77. The lowest BCUT2D eigenvalue weighted by Gasteiger charge is -2.13. The Labute approximate surface area is 156 Å². The third-order valence-electron chi connectivity index (χ3n) is 3.75. The van der Waals surface area contributed by atoms with Crippen molar-refractivity contribution >= 4 is 17.4 Å². The van der Waals surface area contributed by atoms with Gasteiger partial charge >= 0.3 is 6.03 Å².